The molecule has 7 heteroatoms. The Morgan fingerprint density at radius 2 is 2.15 bits per heavy atom. The number of rotatable bonds is 2. The number of nitrogens with zero attached hydrogens (tertiary/aromatic N) is 2. The van der Waals surface area contributed by atoms with E-state index in [4.69, 9.17) is 5.73 Å². The van der Waals surface area contributed by atoms with E-state index in [1.165, 1.54) is 6.33 Å². The lowest BCUT2D eigenvalue weighted by atomic mass is 10.0. The van der Waals surface area contributed by atoms with Crippen LogP contribution in [0.15, 0.2) is 24.5 Å². The van der Waals surface area contributed by atoms with Crippen molar-refractivity contribution in [1.82, 2.24) is 9.97 Å². The first-order valence-corrected chi connectivity index (χ1v) is 8.18. The summed E-state index contributed by atoms with van der Waals surface area (Å²) in [6.07, 6.45) is 2.04. The van der Waals surface area contributed by atoms with Crippen molar-refractivity contribution >= 4 is 32.2 Å². The molecule has 6 nitrogen and oxygen atoms in total. The van der Waals surface area contributed by atoms with Crippen LogP contribution in [-0.4, -0.2) is 35.4 Å². The number of aromatic nitrogens is 2. The molecule has 106 valence electrons. The number of sulfone groups is 1. The molecule has 0 spiro atoms. The van der Waals surface area contributed by atoms with E-state index in [0.717, 1.165) is 10.9 Å². The summed E-state index contributed by atoms with van der Waals surface area (Å²) in [5.74, 6) is 0.956. The Morgan fingerprint density at radius 3 is 2.85 bits per heavy atom. The highest BCUT2D eigenvalue weighted by Crippen LogP contribution is 2.30. The second-order valence-corrected chi connectivity index (χ2v) is 7.71. The van der Waals surface area contributed by atoms with Gasteiger partial charge in [-0.15, -0.1) is 0 Å². The highest BCUT2D eigenvalue weighted by molar-refractivity contribution is 7.91. The van der Waals surface area contributed by atoms with Crippen molar-refractivity contribution in [3.05, 3.63) is 24.5 Å². The van der Waals surface area contributed by atoms with Crippen LogP contribution in [0.5, 0.6) is 0 Å². The van der Waals surface area contributed by atoms with Gasteiger partial charge in [0.05, 0.1) is 22.6 Å². The van der Waals surface area contributed by atoms with Crippen LogP contribution in [0.4, 0.5) is 11.5 Å². The average molecular weight is 292 g/mol. The van der Waals surface area contributed by atoms with E-state index >= 15 is 0 Å². The summed E-state index contributed by atoms with van der Waals surface area (Å²) < 4.78 is 23.3. The second-order valence-electron chi connectivity index (χ2n) is 5.53. The van der Waals surface area contributed by atoms with Crippen LogP contribution in [0.1, 0.15) is 13.3 Å². The molecule has 2 heterocycles. The van der Waals surface area contributed by atoms with E-state index in [2.05, 4.69) is 15.3 Å². The molecule has 1 aromatic carbocycles. The van der Waals surface area contributed by atoms with Gasteiger partial charge < -0.3 is 11.1 Å². The lowest BCUT2D eigenvalue weighted by molar-refractivity contribution is 0.572. The smallest absolute Gasteiger partial charge is 0.152 e. The Kier molecular flexibility index (Phi) is 2.82. The fourth-order valence-corrected chi connectivity index (χ4v) is 4.66. The lowest BCUT2D eigenvalue weighted by Crippen LogP contribution is -2.36. The third kappa shape index (κ3) is 2.40. The predicted molar refractivity (Wildman–Crippen MR) is 79.2 cm³/mol. The van der Waals surface area contributed by atoms with Gasteiger partial charge in [0.15, 0.2) is 9.84 Å². The monoisotopic (exact) mass is 292 g/mol. The summed E-state index contributed by atoms with van der Waals surface area (Å²) in [4.78, 5) is 8.42. The number of nitrogen functional groups attached to an aromatic ring is 1. The fourth-order valence-electron chi connectivity index (χ4n) is 2.57. The molecule has 0 amide bonds. The number of nitrogens with two attached hydrogens (primary N) is 1. The van der Waals surface area contributed by atoms with E-state index in [0.29, 0.717) is 17.9 Å². The Bertz CT molecular complexity index is 775. The maximum Gasteiger partial charge on any atom is 0.152 e. The maximum absolute atomic E-state index is 11.7. The number of hydrogen-bond donors (Lipinski definition) is 2. The standard InChI is InChI=1S/C13H16N4O2S/c1-13(4-5-20(18,19)7-13)17-12-10-6-9(14)2-3-11(10)15-8-16-12/h2-3,6,8H,4-5,7,14H2,1H3,(H,15,16,17). The van der Waals surface area contributed by atoms with Crippen LogP contribution in [0.3, 0.4) is 0 Å². The van der Waals surface area contributed by atoms with Crippen molar-refractivity contribution < 1.29 is 8.42 Å². The van der Waals surface area contributed by atoms with E-state index in [9.17, 15) is 8.42 Å². The number of anilines is 2. The Morgan fingerprint density at radius 1 is 1.35 bits per heavy atom. The van der Waals surface area contributed by atoms with Crippen molar-refractivity contribution in [2.24, 2.45) is 0 Å². The molecule has 1 unspecified atom stereocenters. The minimum Gasteiger partial charge on any atom is -0.399 e. The summed E-state index contributed by atoms with van der Waals surface area (Å²) in [6, 6.07) is 5.40. The lowest BCUT2D eigenvalue weighted by Gasteiger charge is -2.25. The molecular formula is C13H16N4O2S. The summed E-state index contributed by atoms with van der Waals surface area (Å²) in [5, 5.41) is 4.06. The Balaban J connectivity index is 2.01. The fraction of sp³-hybridized carbons (Fsp3) is 0.385. The van der Waals surface area contributed by atoms with Gasteiger partial charge in [-0.05, 0) is 31.5 Å². The van der Waals surface area contributed by atoms with Crippen LogP contribution >= 0.6 is 0 Å². The molecule has 0 bridgehead atoms. The molecular weight excluding hydrogens is 276 g/mol. The number of nitrogens with one attached hydrogen (secondary N) is 1. The van der Waals surface area contributed by atoms with Crippen LogP contribution in [0.25, 0.3) is 10.9 Å². The van der Waals surface area contributed by atoms with Crippen molar-refractivity contribution in [3.63, 3.8) is 0 Å². The van der Waals surface area contributed by atoms with Gasteiger partial charge in [0.2, 0.25) is 0 Å². The summed E-state index contributed by atoms with van der Waals surface area (Å²) in [6.45, 7) is 1.90. The first-order chi connectivity index (χ1) is 9.37. The first-order valence-electron chi connectivity index (χ1n) is 6.36. The molecule has 3 N–H and O–H groups in total. The Hall–Kier alpha value is -1.89. The molecule has 0 aliphatic carbocycles. The minimum absolute atomic E-state index is 0.119. The minimum atomic E-state index is -2.97. The van der Waals surface area contributed by atoms with Gasteiger partial charge in [0.1, 0.15) is 12.1 Å². The molecule has 2 aromatic rings. The quantitative estimate of drug-likeness (QED) is 0.807. The average Bonchev–Trinajstić information content (AvgIpc) is 2.64. The van der Waals surface area contributed by atoms with Crippen LogP contribution in [-0.2, 0) is 9.84 Å². The third-order valence-corrected chi connectivity index (χ3v) is 5.49. The molecule has 1 aliphatic rings. The summed E-state index contributed by atoms with van der Waals surface area (Å²) >= 11 is 0. The molecule has 1 atom stereocenters. The van der Waals surface area contributed by atoms with Crippen molar-refractivity contribution in [3.8, 4) is 0 Å². The zero-order valence-electron chi connectivity index (χ0n) is 11.1. The molecule has 1 aliphatic heterocycles. The number of hydrogen-bond acceptors (Lipinski definition) is 6. The van der Waals surface area contributed by atoms with Gasteiger partial charge in [-0.25, -0.2) is 18.4 Å². The van der Waals surface area contributed by atoms with Gasteiger partial charge >= 0.3 is 0 Å². The third-order valence-electron chi connectivity index (χ3n) is 3.58. The van der Waals surface area contributed by atoms with Gasteiger partial charge in [-0.2, -0.15) is 0 Å². The normalized spacial score (nSPS) is 24.9. The molecule has 3 rings (SSSR count). The van der Waals surface area contributed by atoms with Gasteiger partial charge in [-0.1, -0.05) is 0 Å². The molecule has 1 aromatic heterocycles. The zero-order chi connectivity index (χ0) is 14.4. The van der Waals surface area contributed by atoms with Crippen LogP contribution in [0.2, 0.25) is 0 Å². The van der Waals surface area contributed by atoms with Crippen LogP contribution < -0.4 is 11.1 Å². The second kappa shape index (κ2) is 4.31. The van der Waals surface area contributed by atoms with Gasteiger partial charge in [0, 0.05) is 11.1 Å². The first kappa shape index (κ1) is 13.1. The van der Waals surface area contributed by atoms with Crippen LogP contribution in [0, 0.1) is 0 Å². The zero-order valence-corrected chi connectivity index (χ0v) is 11.9. The van der Waals surface area contributed by atoms with Crippen molar-refractivity contribution in [2.45, 2.75) is 18.9 Å². The molecule has 0 radical (unpaired) electrons. The van der Waals surface area contributed by atoms with E-state index in [-0.39, 0.29) is 11.5 Å². The molecule has 1 saturated heterocycles. The van der Waals surface area contributed by atoms with Gasteiger partial charge in [-0.3, -0.25) is 0 Å². The van der Waals surface area contributed by atoms with E-state index in [1.807, 2.05) is 13.0 Å². The SMILES string of the molecule is CC1(Nc2ncnc3ccc(N)cc23)CCS(=O)(=O)C1. The number of fused-ring (bicyclic) bond motifs is 1. The van der Waals surface area contributed by atoms with Gasteiger partial charge in [0.25, 0.3) is 0 Å². The highest BCUT2D eigenvalue weighted by atomic mass is 32.2. The van der Waals surface area contributed by atoms with Crippen molar-refractivity contribution in [2.75, 3.05) is 22.6 Å². The summed E-state index contributed by atoms with van der Waals surface area (Å²) in [7, 11) is -2.97. The number of benzene rings is 1. The molecule has 20 heavy (non-hydrogen) atoms. The summed E-state index contributed by atoms with van der Waals surface area (Å²) in [5.41, 5.74) is 6.71. The largest absolute Gasteiger partial charge is 0.399 e. The topological polar surface area (TPSA) is 98.0 Å². The predicted octanol–water partition coefficient (Wildman–Crippen LogP) is 1.20. The molecule has 0 saturated carbocycles. The Labute approximate surface area is 117 Å². The van der Waals surface area contributed by atoms with E-state index < -0.39 is 15.4 Å². The van der Waals surface area contributed by atoms with Crippen molar-refractivity contribution in [1.29, 1.82) is 0 Å². The maximum atomic E-state index is 11.7. The highest BCUT2D eigenvalue weighted by Gasteiger charge is 2.38. The molecule has 1 fully saturated rings. The van der Waals surface area contributed by atoms with E-state index in [1.54, 1.807) is 12.1 Å².